The summed E-state index contributed by atoms with van der Waals surface area (Å²) in [6.07, 6.45) is 1.21. The average Bonchev–Trinajstić information content (AvgIpc) is 3.15. The average molecular weight is 468 g/mol. The van der Waals surface area contributed by atoms with E-state index < -0.39 is 10.0 Å². The van der Waals surface area contributed by atoms with E-state index >= 15 is 0 Å². The highest BCUT2D eigenvalue weighted by Crippen LogP contribution is 2.27. The molecule has 4 rings (SSSR count). The van der Waals surface area contributed by atoms with Gasteiger partial charge in [-0.05, 0) is 57.4 Å². The number of anilines is 3. The molecule has 0 aliphatic heterocycles. The lowest BCUT2D eigenvalue weighted by Gasteiger charge is -2.13. The summed E-state index contributed by atoms with van der Waals surface area (Å²) in [5, 5.41) is 11.4. The van der Waals surface area contributed by atoms with Crippen LogP contribution in [0.1, 0.15) is 5.69 Å². The number of nitrogens with zero attached hydrogens (tertiary/aromatic N) is 5. The maximum Gasteiger partial charge on any atom is 0.263 e. The van der Waals surface area contributed by atoms with E-state index in [0.717, 1.165) is 23.2 Å². The van der Waals surface area contributed by atoms with E-state index in [1.165, 1.54) is 18.3 Å². The molecule has 4 aromatic rings. The Kier molecular flexibility index (Phi) is 6.11. The summed E-state index contributed by atoms with van der Waals surface area (Å²) in [7, 11) is 0.225. The molecule has 5 N–H and O–H groups in total. The lowest BCUT2D eigenvalue weighted by atomic mass is 10.2. The number of sulfonamides is 1. The molecule has 172 valence electrons. The van der Waals surface area contributed by atoms with Crippen LogP contribution in [0.3, 0.4) is 0 Å². The molecule has 0 aliphatic rings. The van der Waals surface area contributed by atoms with Crippen molar-refractivity contribution in [2.45, 2.75) is 11.8 Å². The van der Waals surface area contributed by atoms with Gasteiger partial charge in [0, 0.05) is 36.2 Å². The Labute approximate surface area is 191 Å². The Bertz CT molecular complexity index is 1370. The second kappa shape index (κ2) is 9.00. The molecule has 3 heterocycles. The highest BCUT2D eigenvalue weighted by atomic mass is 32.2. The summed E-state index contributed by atoms with van der Waals surface area (Å²) in [6.45, 7) is 3.48. The number of fused-ring (bicyclic) bond motifs is 1. The first-order valence-electron chi connectivity index (χ1n) is 10.2. The number of likely N-dealkylation sites (N-methyl/N-ethyl adjacent to an activating group) is 1. The quantitative estimate of drug-likeness (QED) is 0.305. The van der Waals surface area contributed by atoms with Gasteiger partial charge in [-0.1, -0.05) is 0 Å². The van der Waals surface area contributed by atoms with Crippen LogP contribution in [0.4, 0.5) is 17.3 Å². The van der Waals surface area contributed by atoms with Gasteiger partial charge in [0.15, 0.2) is 11.5 Å². The lowest BCUT2D eigenvalue weighted by Crippen LogP contribution is -2.21. The van der Waals surface area contributed by atoms with E-state index in [9.17, 15) is 8.42 Å². The predicted octanol–water partition coefficient (Wildman–Crippen LogP) is 2.08. The standard InChI is InChI=1S/C21H25N9O2S/c1-13-18-20(23-10-11-30(2)3)25-19(26-21(18)28-27-13)14-4-6-15(7-5-14)29-33(31,32)16-8-9-17(22)24-12-16/h4-9,12,29H,10-11H2,1-3H3,(H2,22,24)(H2,23,25,26,27,28). The fourth-order valence-corrected chi connectivity index (χ4v) is 4.18. The number of aryl methyl sites for hydroxylation is 1. The fourth-order valence-electron chi connectivity index (χ4n) is 3.17. The van der Waals surface area contributed by atoms with Crippen molar-refractivity contribution in [3.8, 4) is 11.4 Å². The smallest absolute Gasteiger partial charge is 0.263 e. The summed E-state index contributed by atoms with van der Waals surface area (Å²) >= 11 is 0. The number of benzene rings is 1. The second-order valence-electron chi connectivity index (χ2n) is 7.77. The van der Waals surface area contributed by atoms with Crippen LogP contribution >= 0.6 is 0 Å². The van der Waals surface area contributed by atoms with Crippen LogP contribution in [0.25, 0.3) is 22.4 Å². The Hall–Kier alpha value is -3.77. The van der Waals surface area contributed by atoms with E-state index in [1.54, 1.807) is 24.3 Å². The van der Waals surface area contributed by atoms with Crippen molar-refractivity contribution in [3.05, 3.63) is 48.3 Å². The molecule has 0 spiro atoms. The molecule has 0 saturated heterocycles. The van der Waals surface area contributed by atoms with E-state index in [2.05, 4.69) is 35.1 Å². The Morgan fingerprint density at radius 1 is 1.09 bits per heavy atom. The van der Waals surface area contributed by atoms with Crippen LogP contribution in [0.2, 0.25) is 0 Å². The van der Waals surface area contributed by atoms with Crippen LogP contribution in [-0.4, -0.2) is 65.7 Å². The maximum absolute atomic E-state index is 12.6. The summed E-state index contributed by atoms with van der Waals surface area (Å²) in [5.74, 6) is 1.43. The van der Waals surface area contributed by atoms with Crippen molar-refractivity contribution in [3.63, 3.8) is 0 Å². The van der Waals surface area contributed by atoms with Crippen LogP contribution < -0.4 is 15.8 Å². The Morgan fingerprint density at radius 2 is 1.85 bits per heavy atom. The van der Waals surface area contributed by atoms with Crippen molar-refractivity contribution in [1.29, 1.82) is 0 Å². The summed E-state index contributed by atoms with van der Waals surface area (Å²) in [4.78, 5) is 15.2. The third-order valence-electron chi connectivity index (χ3n) is 4.91. The minimum absolute atomic E-state index is 0.0249. The topological polar surface area (TPSA) is 155 Å². The molecule has 3 aromatic heterocycles. The summed E-state index contributed by atoms with van der Waals surface area (Å²) < 4.78 is 27.7. The molecular weight excluding hydrogens is 442 g/mol. The molecule has 12 heteroatoms. The molecule has 1 aromatic carbocycles. The predicted molar refractivity (Wildman–Crippen MR) is 128 cm³/mol. The molecule has 0 amide bonds. The monoisotopic (exact) mass is 467 g/mol. The van der Waals surface area contributed by atoms with E-state index in [0.29, 0.717) is 29.5 Å². The van der Waals surface area contributed by atoms with Gasteiger partial charge in [0.05, 0.1) is 5.39 Å². The number of nitrogens with two attached hydrogens (primary N) is 1. The van der Waals surface area contributed by atoms with Crippen LogP contribution in [0.5, 0.6) is 0 Å². The van der Waals surface area contributed by atoms with Gasteiger partial charge in [-0.3, -0.25) is 9.82 Å². The number of aromatic nitrogens is 5. The number of hydrogen-bond acceptors (Lipinski definition) is 9. The third-order valence-corrected chi connectivity index (χ3v) is 6.28. The number of H-pyrrole nitrogens is 1. The van der Waals surface area contributed by atoms with Gasteiger partial charge in [-0.2, -0.15) is 5.10 Å². The first-order valence-corrected chi connectivity index (χ1v) is 11.7. The lowest BCUT2D eigenvalue weighted by molar-refractivity contribution is 0.425. The van der Waals surface area contributed by atoms with E-state index in [4.69, 9.17) is 10.7 Å². The van der Waals surface area contributed by atoms with E-state index in [1.807, 2.05) is 21.0 Å². The van der Waals surface area contributed by atoms with Gasteiger partial charge in [0.25, 0.3) is 10.0 Å². The molecule has 0 fully saturated rings. The normalized spacial score (nSPS) is 11.8. The van der Waals surface area contributed by atoms with Crippen molar-refractivity contribution < 1.29 is 8.42 Å². The molecule has 0 radical (unpaired) electrons. The van der Waals surface area contributed by atoms with Crippen LogP contribution in [0.15, 0.2) is 47.5 Å². The number of nitrogens with one attached hydrogen (secondary N) is 3. The largest absolute Gasteiger partial charge is 0.384 e. The zero-order chi connectivity index (χ0) is 23.6. The van der Waals surface area contributed by atoms with Gasteiger partial charge < -0.3 is 16.0 Å². The van der Waals surface area contributed by atoms with Crippen LogP contribution in [-0.2, 0) is 10.0 Å². The van der Waals surface area contributed by atoms with E-state index in [-0.39, 0.29) is 10.7 Å². The van der Waals surface area contributed by atoms with Gasteiger partial charge in [0.1, 0.15) is 16.5 Å². The van der Waals surface area contributed by atoms with Crippen molar-refractivity contribution in [1.82, 2.24) is 30.0 Å². The van der Waals surface area contributed by atoms with Crippen molar-refractivity contribution in [2.75, 3.05) is 43.0 Å². The molecule has 0 atom stereocenters. The Balaban J connectivity index is 1.59. The Morgan fingerprint density at radius 3 is 2.52 bits per heavy atom. The third kappa shape index (κ3) is 5.02. The molecule has 0 saturated carbocycles. The molecule has 0 unspecified atom stereocenters. The zero-order valence-electron chi connectivity index (χ0n) is 18.5. The first-order chi connectivity index (χ1) is 15.7. The van der Waals surface area contributed by atoms with Gasteiger partial charge in [-0.15, -0.1) is 0 Å². The van der Waals surface area contributed by atoms with Gasteiger partial charge in [0.2, 0.25) is 0 Å². The summed E-state index contributed by atoms with van der Waals surface area (Å²) in [6, 6.07) is 9.65. The number of rotatable bonds is 8. The summed E-state index contributed by atoms with van der Waals surface area (Å²) in [5.41, 5.74) is 8.10. The number of aromatic amines is 1. The number of nitrogen functional groups attached to an aromatic ring is 1. The van der Waals surface area contributed by atoms with Gasteiger partial charge in [-0.25, -0.2) is 23.4 Å². The van der Waals surface area contributed by atoms with Gasteiger partial charge >= 0.3 is 0 Å². The minimum atomic E-state index is -3.79. The van der Waals surface area contributed by atoms with Crippen LogP contribution in [0, 0.1) is 6.92 Å². The highest BCUT2D eigenvalue weighted by Gasteiger charge is 2.16. The SMILES string of the molecule is Cc1[nH]nc2nc(-c3ccc(NS(=O)(=O)c4ccc(N)nc4)cc3)nc(NCCN(C)C)c12. The molecular formula is C21H25N9O2S. The minimum Gasteiger partial charge on any atom is -0.384 e. The molecule has 11 nitrogen and oxygen atoms in total. The number of pyridine rings is 1. The molecule has 0 aliphatic carbocycles. The first kappa shape index (κ1) is 22.4. The molecule has 0 bridgehead atoms. The number of hydrogen-bond donors (Lipinski definition) is 4. The van der Waals surface area contributed by atoms with Crippen molar-refractivity contribution >= 4 is 38.4 Å². The molecule has 33 heavy (non-hydrogen) atoms. The maximum atomic E-state index is 12.6. The highest BCUT2D eigenvalue weighted by molar-refractivity contribution is 7.92. The fraction of sp³-hybridized carbons (Fsp3) is 0.238. The second-order valence-corrected chi connectivity index (χ2v) is 9.46. The van der Waals surface area contributed by atoms with Crippen molar-refractivity contribution in [2.24, 2.45) is 0 Å². The zero-order valence-corrected chi connectivity index (χ0v) is 19.3.